The number of amides is 2. The summed E-state index contributed by atoms with van der Waals surface area (Å²) in [5.74, 6) is -1.68. The van der Waals surface area contributed by atoms with Gasteiger partial charge in [-0.2, -0.15) is 0 Å². The maximum atomic E-state index is 12.6. The van der Waals surface area contributed by atoms with Gasteiger partial charge in [-0.3, -0.25) is 9.59 Å². The smallest absolute Gasteiger partial charge is 0.334 e. The molecule has 2 aliphatic rings. The van der Waals surface area contributed by atoms with E-state index >= 15 is 0 Å². The quantitative estimate of drug-likeness (QED) is 0.859. The summed E-state index contributed by atoms with van der Waals surface area (Å²) in [6.45, 7) is 1.48. The molecule has 128 valence electrons. The highest BCUT2D eigenvalue weighted by atomic mass is 16.5. The first-order valence-electron chi connectivity index (χ1n) is 7.99. The van der Waals surface area contributed by atoms with E-state index in [1.165, 1.54) is 4.90 Å². The van der Waals surface area contributed by atoms with Gasteiger partial charge in [-0.15, -0.1) is 0 Å². The Morgan fingerprint density at radius 3 is 2.67 bits per heavy atom. The van der Waals surface area contributed by atoms with Gasteiger partial charge in [0.1, 0.15) is 0 Å². The van der Waals surface area contributed by atoms with Crippen molar-refractivity contribution in [1.82, 2.24) is 9.80 Å². The Kier molecular flexibility index (Phi) is 4.80. The predicted molar refractivity (Wildman–Crippen MR) is 83.9 cm³/mol. The molecule has 0 saturated carbocycles. The van der Waals surface area contributed by atoms with Crippen molar-refractivity contribution in [3.8, 4) is 0 Å². The number of morpholine rings is 1. The second-order valence-electron chi connectivity index (χ2n) is 6.14. The summed E-state index contributed by atoms with van der Waals surface area (Å²) in [4.78, 5) is 39.0. The third-order valence-electron chi connectivity index (χ3n) is 4.43. The largest absolute Gasteiger partial charge is 0.479 e. The third kappa shape index (κ3) is 3.56. The number of carboxylic acids is 1. The molecule has 24 heavy (non-hydrogen) atoms. The normalized spacial score (nSPS) is 24.2. The van der Waals surface area contributed by atoms with Crippen molar-refractivity contribution in [3.05, 3.63) is 35.9 Å². The molecular weight excluding hydrogens is 312 g/mol. The van der Waals surface area contributed by atoms with E-state index < -0.39 is 18.0 Å². The van der Waals surface area contributed by atoms with E-state index in [-0.39, 0.29) is 31.4 Å². The summed E-state index contributed by atoms with van der Waals surface area (Å²) >= 11 is 0. The van der Waals surface area contributed by atoms with Crippen LogP contribution in [0.2, 0.25) is 0 Å². The predicted octanol–water partition coefficient (Wildman–Crippen LogP) is 0.347. The fraction of sp³-hybridized carbons (Fsp3) is 0.471. The summed E-state index contributed by atoms with van der Waals surface area (Å²) in [6, 6.07) is 9.64. The summed E-state index contributed by atoms with van der Waals surface area (Å²) < 4.78 is 5.13. The SMILES string of the molecule is O=C(O)[C@H]1CN(C(=O)[C@H]2CC(=O)N(Cc3ccccc3)C2)CCO1. The van der Waals surface area contributed by atoms with Gasteiger partial charge >= 0.3 is 5.97 Å². The number of aliphatic carboxylic acids is 1. The number of rotatable bonds is 4. The van der Waals surface area contributed by atoms with Crippen LogP contribution in [-0.2, 0) is 25.7 Å². The van der Waals surface area contributed by atoms with Gasteiger partial charge in [0.25, 0.3) is 0 Å². The van der Waals surface area contributed by atoms with E-state index in [0.29, 0.717) is 19.6 Å². The average Bonchev–Trinajstić information content (AvgIpc) is 2.96. The molecule has 2 heterocycles. The van der Waals surface area contributed by atoms with Gasteiger partial charge in [-0.25, -0.2) is 4.79 Å². The van der Waals surface area contributed by atoms with Crippen LogP contribution < -0.4 is 0 Å². The maximum absolute atomic E-state index is 12.6. The number of hydrogen-bond acceptors (Lipinski definition) is 4. The Hall–Kier alpha value is -2.41. The van der Waals surface area contributed by atoms with Crippen LogP contribution in [-0.4, -0.2) is 65.0 Å². The Labute approximate surface area is 139 Å². The van der Waals surface area contributed by atoms with Gasteiger partial charge in [0.05, 0.1) is 19.1 Å². The number of ether oxygens (including phenoxy) is 1. The van der Waals surface area contributed by atoms with Crippen molar-refractivity contribution >= 4 is 17.8 Å². The van der Waals surface area contributed by atoms with Crippen molar-refractivity contribution in [2.75, 3.05) is 26.2 Å². The molecule has 2 amide bonds. The molecule has 2 atom stereocenters. The molecule has 3 rings (SSSR count). The first kappa shape index (κ1) is 16.4. The number of carbonyl (C=O) groups is 3. The molecule has 1 aromatic rings. The molecule has 0 aromatic heterocycles. The van der Waals surface area contributed by atoms with Crippen LogP contribution in [0.15, 0.2) is 30.3 Å². The van der Waals surface area contributed by atoms with Crippen LogP contribution in [0.3, 0.4) is 0 Å². The summed E-state index contributed by atoms with van der Waals surface area (Å²) in [5.41, 5.74) is 1.02. The van der Waals surface area contributed by atoms with E-state index in [9.17, 15) is 14.4 Å². The van der Waals surface area contributed by atoms with Crippen molar-refractivity contribution < 1.29 is 24.2 Å². The van der Waals surface area contributed by atoms with Crippen molar-refractivity contribution in [1.29, 1.82) is 0 Å². The fourth-order valence-corrected chi connectivity index (χ4v) is 3.15. The van der Waals surface area contributed by atoms with Crippen molar-refractivity contribution in [2.24, 2.45) is 5.92 Å². The van der Waals surface area contributed by atoms with Crippen molar-refractivity contribution in [3.63, 3.8) is 0 Å². The highest BCUT2D eigenvalue weighted by Crippen LogP contribution is 2.23. The summed E-state index contributed by atoms with van der Waals surface area (Å²) in [7, 11) is 0. The molecule has 7 heteroatoms. The molecule has 1 N–H and O–H groups in total. The number of carboxylic acid groups (broad SMARTS) is 1. The lowest BCUT2D eigenvalue weighted by Gasteiger charge is -2.32. The molecule has 2 aliphatic heterocycles. The van der Waals surface area contributed by atoms with Gasteiger partial charge in [-0.1, -0.05) is 30.3 Å². The van der Waals surface area contributed by atoms with Gasteiger partial charge in [-0.05, 0) is 5.56 Å². The zero-order valence-corrected chi connectivity index (χ0v) is 13.3. The minimum absolute atomic E-state index is 0.0392. The van der Waals surface area contributed by atoms with Crippen LogP contribution in [0, 0.1) is 5.92 Å². The molecule has 0 radical (unpaired) electrons. The Balaban J connectivity index is 1.60. The second kappa shape index (κ2) is 7.00. The van der Waals surface area contributed by atoms with E-state index in [2.05, 4.69) is 0 Å². The number of carbonyl (C=O) groups excluding carboxylic acids is 2. The highest BCUT2D eigenvalue weighted by molar-refractivity contribution is 5.89. The molecule has 7 nitrogen and oxygen atoms in total. The van der Waals surface area contributed by atoms with Gasteiger partial charge in [0.15, 0.2) is 6.10 Å². The van der Waals surface area contributed by atoms with E-state index in [1.54, 1.807) is 4.90 Å². The number of benzene rings is 1. The molecule has 0 spiro atoms. The fourth-order valence-electron chi connectivity index (χ4n) is 3.15. The Morgan fingerprint density at radius 1 is 1.21 bits per heavy atom. The Morgan fingerprint density at radius 2 is 1.96 bits per heavy atom. The van der Waals surface area contributed by atoms with Crippen LogP contribution in [0.1, 0.15) is 12.0 Å². The molecule has 0 aliphatic carbocycles. The van der Waals surface area contributed by atoms with Crippen LogP contribution in [0.25, 0.3) is 0 Å². The number of likely N-dealkylation sites (tertiary alicyclic amines) is 1. The first-order valence-corrected chi connectivity index (χ1v) is 7.99. The topological polar surface area (TPSA) is 87.2 Å². The lowest BCUT2D eigenvalue weighted by molar-refractivity contribution is -0.160. The maximum Gasteiger partial charge on any atom is 0.334 e. The average molecular weight is 332 g/mol. The van der Waals surface area contributed by atoms with E-state index in [1.807, 2.05) is 30.3 Å². The lowest BCUT2D eigenvalue weighted by atomic mass is 10.1. The van der Waals surface area contributed by atoms with Gasteiger partial charge in [0, 0.05) is 26.1 Å². The minimum atomic E-state index is -1.07. The molecule has 1 aromatic carbocycles. The van der Waals surface area contributed by atoms with E-state index in [4.69, 9.17) is 9.84 Å². The van der Waals surface area contributed by atoms with Gasteiger partial charge in [0.2, 0.25) is 11.8 Å². The zero-order chi connectivity index (χ0) is 17.1. The molecule has 0 unspecified atom stereocenters. The van der Waals surface area contributed by atoms with Crippen molar-refractivity contribution in [2.45, 2.75) is 19.1 Å². The third-order valence-corrected chi connectivity index (χ3v) is 4.43. The van der Waals surface area contributed by atoms with Crippen LogP contribution in [0.4, 0.5) is 0 Å². The molecule has 0 bridgehead atoms. The monoisotopic (exact) mass is 332 g/mol. The van der Waals surface area contributed by atoms with Crippen LogP contribution >= 0.6 is 0 Å². The number of nitrogens with zero attached hydrogens (tertiary/aromatic N) is 2. The Bertz CT molecular complexity index is 633. The molecule has 2 fully saturated rings. The summed E-state index contributed by atoms with van der Waals surface area (Å²) in [5, 5.41) is 9.03. The minimum Gasteiger partial charge on any atom is -0.479 e. The second-order valence-corrected chi connectivity index (χ2v) is 6.14. The molecule has 2 saturated heterocycles. The van der Waals surface area contributed by atoms with Crippen LogP contribution in [0.5, 0.6) is 0 Å². The summed E-state index contributed by atoms with van der Waals surface area (Å²) in [6.07, 6.45) is -0.805. The standard InChI is InChI=1S/C17H20N2O5/c20-15-8-13(10-19(15)9-12-4-2-1-3-5-12)16(21)18-6-7-24-14(11-18)17(22)23/h1-5,13-14H,6-11H2,(H,22,23)/t13-,14+/m0/s1. The van der Waals surface area contributed by atoms with E-state index in [0.717, 1.165) is 5.56 Å². The van der Waals surface area contributed by atoms with Gasteiger partial charge < -0.3 is 19.6 Å². The molecular formula is C17H20N2O5. The highest BCUT2D eigenvalue weighted by Gasteiger charge is 2.38. The lowest BCUT2D eigenvalue weighted by Crippen LogP contribution is -2.50. The zero-order valence-electron chi connectivity index (χ0n) is 13.3. The number of hydrogen-bond donors (Lipinski definition) is 1. The first-order chi connectivity index (χ1) is 11.5.